The van der Waals surface area contributed by atoms with Crippen molar-refractivity contribution in [1.82, 2.24) is 15.0 Å². The van der Waals surface area contributed by atoms with E-state index in [0.717, 1.165) is 18.5 Å². The minimum absolute atomic E-state index is 0.000557. The molecule has 0 amide bonds. The molecule has 5 rings (SSSR count). The Morgan fingerprint density at radius 2 is 2.14 bits per heavy atom. The van der Waals surface area contributed by atoms with Crippen LogP contribution in [0.4, 0.5) is 10.1 Å². The van der Waals surface area contributed by atoms with Crippen molar-refractivity contribution < 1.29 is 23.8 Å². The molecule has 0 bridgehead atoms. The van der Waals surface area contributed by atoms with Crippen LogP contribution in [0.2, 0.25) is 5.02 Å². The molecule has 0 saturated carbocycles. The number of aliphatic hydroxyl groups excluding tert-OH is 1. The summed E-state index contributed by atoms with van der Waals surface area (Å²) in [5, 5.41) is 13.4. The van der Waals surface area contributed by atoms with Crippen LogP contribution in [0.25, 0.3) is 11.0 Å². The second-order valence-corrected chi connectivity index (χ2v) is 8.61. The van der Waals surface area contributed by atoms with E-state index in [9.17, 15) is 14.3 Å². The van der Waals surface area contributed by atoms with Gasteiger partial charge in [0, 0.05) is 30.2 Å². The van der Waals surface area contributed by atoms with Crippen LogP contribution < -0.4 is 10.1 Å². The monoisotopic (exact) mass is 496 g/mol. The second-order valence-electron chi connectivity index (χ2n) is 8.20. The predicted molar refractivity (Wildman–Crippen MR) is 129 cm³/mol. The van der Waals surface area contributed by atoms with Crippen LogP contribution >= 0.6 is 11.6 Å². The molecule has 10 heteroatoms. The predicted octanol–water partition coefficient (Wildman–Crippen LogP) is 4.73. The lowest BCUT2D eigenvalue weighted by atomic mass is 10.0. The highest BCUT2D eigenvalue weighted by Crippen LogP contribution is 2.32. The van der Waals surface area contributed by atoms with E-state index in [2.05, 4.69) is 20.3 Å². The molecule has 4 aromatic rings. The van der Waals surface area contributed by atoms with E-state index in [4.69, 9.17) is 21.1 Å². The number of rotatable bonds is 7. The highest BCUT2D eigenvalue weighted by atomic mass is 35.5. The summed E-state index contributed by atoms with van der Waals surface area (Å²) in [5.74, 6) is -0.682. The summed E-state index contributed by atoms with van der Waals surface area (Å²) in [5.41, 5.74) is 1.66. The van der Waals surface area contributed by atoms with Gasteiger partial charge in [0.25, 0.3) is 0 Å². The maximum absolute atomic E-state index is 13.9. The number of nitrogens with one attached hydrogen (secondary N) is 2. The minimum atomic E-state index is -0.523. The van der Waals surface area contributed by atoms with Crippen LogP contribution in [-0.2, 0) is 4.74 Å². The standard InChI is InChI=1S/C25H22ClFN4O4/c26-18-9-16(35-21-4-2-1-3-19(21)27)10-29-23(18)24(33)17-11-30-25-22(17)20(7-8-28-25)31-14-5-6-15(12-32)34-13-14/h1-4,7-11,14-15,32H,5-6,12-13H2,(H2,28,30,31)/t14-,15+/m1/s1. The van der Waals surface area contributed by atoms with Gasteiger partial charge in [-0.15, -0.1) is 0 Å². The maximum atomic E-state index is 13.9. The number of ketones is 1. The number of hydrogen-bond acceptors (Lipinski definition) is 7. The van der Waals surface area contributed by atoms with Crippen molar-refractivity contribution in [2.45, 2.75) is 25.0 Å². The maximum Gasteiger partial charge on any atom is 0.215 e. The molecule has 0 spiro atoms. The summed E-state index contributed by atoms with van der Waals surface area (Å²) in [6.45, 7) is 0.445. The fourth-order valence-corrected chi connectivity index (χ4v) is 4.31. The van der Waals surface area contributed by atoms with Gasteiger partial charge < -0.3 is 24.9 Å². The first-order valence-corrected chi connectivity index (χ1v) is 11.5. The molecule has 1 saturated heterocycles. The number of nitrogens with zero attached hydrogens (tertiary/aromatic N) is 2. The van der Waals surface area contributed by atoms with Crippen LogP contribution in [0.1, 0.15) is 28.9 Å². The molecular weight excluding hydrogens is 475 g/mol. The van der Waals surface area contributed by atoms with E-state index in [1.807, 2.05) is 0 Å². The van der Waals surface area contributed by atoms with Crippen LogP contribution in [0.3, 0.4) is 0 Å². The Morgan fingerprint density at radius 1 is 1.29 bits per heavy atom. The summed E-state index contributed by atoms with van der Waals surface area (Å²) < 4.78 is 25.1. The van der Waals surface area contributed by atoms with Crippen LogP contribution in [0.5, 0.6) is 11.5 Å². The molecule has 180 valence electrons. The van der Waals surface area contributed by atoms with Gasteiger partial charge in [0.2, 0.25) is 5.78 Å². The first-order chi connectivity index (χ1) is 17.0. The molecule has 4 heterocycles. The number of benzene rings is 1. The number of pyridine rings is 2. The van der Waals surface area contributed by atoms with E-state index in [-0.39, 0.29) is 41.0 Å². The molecule has 0 unspecified atom stereocenters. The number of aromatic nitrogens is 3. The summed E-state index contributed by atoms with van der Waals surface area (Å²) in [7, 11) is 0. The molecule has 1 fully saturated rings. The topological polar surface area (TPSA) is 109 Å². The highest BCUT2D eigenvalue weighted by molar-refractivity contribution is 6.35. The van der Waals surface area contributed by atoms with Crippen molar-refractivity contribution in [2.75, 3.05) is 18.5 Å². The quantitative estimate of drug-likeness (QED) is 0.317. The van der Waals surface area contributed by atoms with Gasteiger partial charge in [-0.1, -0.05) is 23.7 Å². The van der Waals surface area contributed by atoms with E-state index < -0.39 is 11.6 Å². The molecule has 3 N–H and O–H groups in total. The lowest BCUT2D eigenvalue weighted by molar-refractivity contribution is -0.0223. The number of carbonyl (C=O) groups excluding carboxylic acids is 1. The Morgan fingerprint density at radius 3 is 2.89 bits per heavy atom. The number of aliphatic hydroxyl groups is 1. The Balaban J connectivity index is 1.40. The number of aromatic amines is 1. The van der Waals surface area contributed by atoms with Crippen LogP contribution in [-0.4, -0.2) is 51.2 Å². The second kappa shape index (κ2) is 9.99. The Hall–Kier alpha value is -3.53. The fraction of sp³-hybridized carbons (Fsp3) is 0.240. The summed E-state index contributed by atoms with van der Waals surface area (Å²) in [6, 6.07) is 9.22. The Bertz CT molecular complexity index is 1370. The minimum Gasteiger partial charge on any atom is -0.453 e. The molecule has 1 aromatic carbocycles. The smallest absolute Gasteiger partial charge is 0.215 e. The van der Waals surface area contributed by atoms with E-state index >= 15 is 0 Å². The largest absolute Gasteiger partial charge is 0.453 e. The van der Waals surface area contributed by atoms with E-state index in [1.54, 1.807) is 30.6 Å². The highest BCUT2D eigenvalue weighted by Gasteiger charge is 2.25. The van der Waals surface area contributed by atoms with Crippen molar-refractivity contribution in [1.29, 1.82) is 0 Å². The first-order valence-electron chi connectivity index (χ1n) is 11.1. The number of carbonyl (C=O) groups is 1. The van der Waals surface area contributed by atoms with Crippen molar-refractivity contribution in [3.8, 4) is 11.5 Å². The first kappa shape index (κ1) is 23.2. The van der Waals surface area contributed by atoms with Gasteiger partial charge in [0.15, 0.2) is 11.6 Å². The molecule has 0 radical (unpaired) electrons. The molecule has 35 heavy (non-hydrogen) atoms. The van der Waals surface area contributed by atoms with Crippen molar-refractivity contribution >= 4 is 34.1 Å². The SMILES string of the molecule is O=C(c1ncc(Oc2ccccc2F)cc1Cl)c1c[nH]c2nccc(N[C@@H]3CC[C@@H](CO)OC3)c12. The average molecular weight is 497 g/mol. The van der Waals surface area contributed by atoms with Crippen molar-refractivity contribution in [3.63, 3.8) is 0 Å². The number of ether oxygens (including phenoxy) is 2. The van der Waals surface area contributed by atoms with E-state index in [1.165, 1.54) is 24.4 Å². The summed E-state index contributed by atoms with van der Waals surface area (Å²) in [6.07, 6.45) is 5.96. The Labute approximate surface area is 205 Å². The molecule has 0 aliphatic carbocycles. The van der Waals surface area contributed by atoms with Crippen LogP contribution in [0.15, 0.2) is 55.0 Å². The van der Waals surface area contributed by atoms with Gasteiger partial charge in [0.05, 0.1) is 41.5 Å². The van der Waals surface area contributed by atoms with Gasteiger partial charge >= 0.3 is 0 Å². The zero-order chi connectivity index (χ0) is 24.4. The number of halogens is 2. The third kappa shape index (κ3) is 4.84. The molecule has 1 aliphatic rings. The number of fused-ring (bicyclic) bond motifs is 1. The van der Waals surface area contributed by atoms with Crippen molar-refractivity contribution in [2.24, 2.45) is 0 Å². The summed E-state index contributed by atoms with van der Waals surface area (Å²) >= 11 is 6.39. The third-order valence-corrected chi connectivity index (χ3v) is 6.14. The zero-order valence-electron chi connectivity index (χ0n) is 18.5. The molecule has 2 atom stereocenters. The summed E-state index contributed by atoms with van der Waals surface area (Å²) in [4.78, 5) is 25.0. The van der Waals surface area contributed by atoms with Gasteiger partial charge in [-0.3, -0.25) is 4.79 Å². The molecule has 3 aromatic heterocycles. The van der Waals surface area contributed by atoms with E-state index in [0.29, 0.717) is 23.2 Å². The average Bonchev–Trinajstić information content (AvgIpc) is 3.31. The number of para-hydroxylation sites is 1. The van der Waals surface area contributed by atoms with Gasteiger partial charge in [-0.2, -0.15) is 0 Å². The normalized spacial score (nSPS) is 17.9. The molecular formula is C25H22ClFN4O4. The fourth-order valence-electron chi connectivity index (χ4n) is 4.06. The van der Waals surface area contributed by atoms with Gasteiger partial charge in [-0.25, -0.2) is 14.4 Å². The number of hydrogen-bond donors (Lipinski definition) is 3. The van der Waals surface area contributed by atoms with Crippen molar-refractivity contribution in [3.05, 3.63) is 77.1 Å². The lowest BCUT2D eigenvalue weighted by Crippen LogP contribution is -2.36. The van der Waals surface area contributed by atoms with Gasteiger partial charge in [0.1, 0.15) is 17.1 Å². The third-order valence-electron chi connectivity index (χ3n) is 5.85. The van der Waals surface area contributed by atoms with Gasteiger partial charge in [-0.05, 0) is 31.0 Å². The Kier molecular flexibility index (Phi) is 6.63. The zero-order valence-corrected chi connectivity index (χ0v) is 19.3. The number of anilines is 1. The molecule has 8 nitrogen and oxygen atoms in total. The molecule has 1 aliphatic heterocycles. The van der Waals surface area contributed by atoms with Crippen LogP contribution in [0, 0.1) is 5.82 Å². The number of H-pyrrole nitrogens is 1. The lowest BCUT2D eigenvalue weighted by Gasteiger charge is -2.29.